The molecule has 0 saturated heterocycles. The van der Waals surface area contributed by atoms with E-state index in [1.165, 1.54) is 7.11 Å². The average Bonchev–Trinajstić information content (AvgIpc) is 2.33. The fourth-order valence-corrected chi connectivity index (χ4v) is 2.81. The van der Waals surface area contributed by atoms with Crippen molar-refractivity contribution in [2.75, 3.05) is 14.2 Å². The van der Waals surface area contributed by atoms with Gasteiger partial charge in [0.1, 0.15) is 0 Å². The summed E-state index contributed by atoms with van der Waals surface area (Å²) in [5.41, 5.74) is 0.317. The van der Waals surface area contributed by atoms with Crippen molar-refractivity contribution in [2.24, 2.45) is 5.41 Å². The Morgan fingerprint density at radius 3 is 2.19 bits per heavy atom. The Kier molecular flexibility index (Phi) is 5.26. The summed E-state index contributed by atoms with van der Waals surface area (Å²) in [4.78, 5) is 12.5. The summed E-state index contributed by atoms with van der Waals surface area (Å²) in [5, 5.41) is 3.08. The van der Waals surface area contributed by atoms with Gasteiger partial charge in [0.2, 0.25) is 0 Å². The quantitative estimate of drug-likeness (QED) is 0.901. The second kappa shape index (κ2) is 6.37. The first-order valence-corrected chi connectivity index (χ1v) is 7.13. The van der Waals surface area contributed by atoms with Gasteiger partial charge in [0.15, 0.2) is 11.5 Å². The van der Waals surface area contributed by atoms with Gasteiger partial charge >= 0.3 is 0 Å². The Bertz CT molecular complexity index is 501. The summed E-state index contributed by atoms with van der Waals surface area (Å²) >= 11 is 0. The predicted octanol–water partition coefficient (Wildman–Crippen LogP) is 3.65. The summed E-state index contributed by atoms with van der Waals surface area (Å²) in [6.07, 6.45) is 0.873. The van der Waals surface area contributed by atoms with E-state index in [9.17, 15) is 4.79 Å². The van der Waals surface area contributed by atoms with E-state index in [0.717, 1.165) is 6.42 Å². The molecule has 1 aromatic carbocycles. The summed E-state index contributed by atoms with van der Waals surface area (Å²) in [5.74, 6) is 0.864. The molecule has 0 aliphatic carbocycles. The van der Waals surface area contributed by atoms with E-state index in [1.807, 2.05) is 13.8 Å². The second-order valence-corrected chi connectivity index (χ2v) is 7.12. The first-order chi connectivity index (χ1) is 9.59. The highest BCUT2D eigenvalue weighted by molar-refractivity contribution is 5.98. The number of ether oxygens (including phenoxy) is 2. The van der Waals surface area contributed by atoms with E-state index in [-0.39, 0.29) is 16.9 Å². The van der Waals surface area contributed by atoms with E-state index in [4.69, 9.17) is 9.47 Å². The SMILES string of the molecule is COc1cccc(C(=O)NC(C)(C)CC(C)(C)C)c1OC. The Morgan fingerprint density at radius 2 is 1.71 bits per heavy atom. The van der Waals surface area contributed by atoms with Gasteiger partial charge in [-0.15, -0.1) is 0 Å². The molecule has 0 aliphatic rings. The fourth-order valence-electron chi connectivity index (χ4n) is 2.81. The molecule has 21 heavy (non-hydrogen) atoms. The van der Waals surface area contributed by atoms with Crippen LogP contribution in [0.15, 0.2) is 18.2 Å². The molecule has 0 aromatic heterocycles. The number of para-hydroxylation sites is 1. The highest BCUT2D eigenvalue weighted by Gasteiger charge is 2.28. The Labute approximate surface area is 127 Å². The lowest BCUT2D eigenvalue weighted by atomic mass is 9.81. The molecule has 1 aromatic rings. The molecular weight excluding hydrogens is 266 g/mol. The number of benzene rings is 1. The molecule has 0 fully saturated rings. The normalized spacial score (nSPS) is 12.0. The lowest BCUT2D eigenvalue weighted by Gasteiger charge is -2.33. The van der Waals surface area contributed by atoms with Crippen LogP contribution in [0.2, 0.25) is 0 Å². The van der Waals surface area contributed by atoms with Gasteiger partial charge < -0.3 is 14.8 Å². The first-order valence-electron chi connectivity index (χ1n) is 7.13. The third kappa shape index (κ3) is 4.96. The van der Waals surface area contributed by atoms with Crippen molar-refractivity contribution < 1.29 is 14.3 Å². The molecule has 0 bridgehead atoms. The van der Waals surface area contributed by atoms with Crippen LogP contribution in [0.25, 0.3) is 0 Å². The van der Waals surface area contributed by atoms with Gasteiger partial charge in [-0.05, 0) is 37.8 Å². The third-order valence-corrected chi connectivity index (χ3v) is 3.07. The van der Waals surface area contributed by atoms with Crippen molar-refractivity contribution in [1.82, 2.24) is 5.32 Å². The molecule has 0 heterocycles. The third-order valence-electron chi connectivity index (χ3n) is 3.07. The van der Waals surface area contributed by atoms with E-state index < -0.39 is 0 Å². The van der Waals surface area contributed by atoms with Gasteiger partial charge in [-0.1, -0.05) is 26.8 Å². The molecule has 4 heteroatoms. The summed E-state index contributed by atoms with van der Waals surface area (Å²) in [6.45, 7) is 10.5. The maximum atomic E-state index is 12.5. The van der Waals surface area contributed by atoms with Crippen LogP contribution < -0.4 is 14.8 Å². The minimum Gasteiger partial charge on any atom is -0.493 e. The van der Waals surface area contributed by atoms with Crippen molar-refractivity contribution in [3.05, 3.63) is 23.8 Å². The van der Waals surface area contributed by atoms with E-state index in [1.54, 1.807) is 25.3 Å². The Hall–Kier alpha value is -1.71. The van der Waals surface area contributed by atoms with Crippen molar-refractivity contribution >= 4 is 5.91 Å². The molecule has 0 aliphatic heterocycles. The van der Waals surface area contributed by atoms with Gasteiger partial charge in [-0.3, -0.25) is 4.79 Å². The molecule has 4 nitrogen and oxygen atoms in total. The number of amides is 1. The summed E-state index contributed by atoms with van der Waals surface area (Å²) in [6, 6.07) is 5.30. The van der Waals surface area contributed by atoms with Crippen molar-refractivity contribution in [3.8, 4) is 11.5 Å². The second-order valence-electron chi connectivity index (χ2n) is 7.12. The van der Waals surface area contributed by atoms with E-state index in [2.05, 4.69) is 26.1 Å². The lowest BCUT2D eigenvalue weighted by molar-refractivity contribution is 0.0887. The number of methoxy groups -OCH3 is 2. The molecule has 0 unspecified atom stereocenters. The largest absolute Gasteiger partial charge is 0.493 e. The molecule has 1 rings (SSSR count). The maximum Gasteiger partial charge on any atom is 0.255 e. The monoisotopic (exact) mass is 293 g/mol. The summed E-state index contributed by atoms with van der Waals surface area (Å²) < 4.78 is 10.6. The van der Waals surface area contributed by atoms with E-state index in [0.29, 0.717) is 17.1 Å². The van der Waals surface area contributed by atoms with Crippen LogP contribution in [-0.4, -0.2) is 25.7 Å². The summed E-state index contributed by atoms with van der Waals surface area (Å²) in [7, 11) is 3.10. The predicted molar refractivity (Wildman–Crippen MR) is 85.2 cm³/mol. The van der Waals surface area contributed by atoms with Gasteiger partial charge in [0.25, 0.3) is 5.91 Å². The van der Waals surface area contributed by atoms with E-state index >= 15 is 0 Å². The molecular formula is C17H27NO3. The Morgan fingerprint density at radius 1 is 1.10 bits per heavy atom. The molecule has 1 amide bonds. The number of carbonyl (C=O) groups excluding carboxylic acids is 1. The molecule has 0 radical (unpaired) electrons. The molecule has 0 spiro atoms. The highest BCUT2D eigenvalue weighted by atomic mass is 16.5. The van der Waals surface area contributed by atoms with Crippen LogP contribution in [0.3, 0.4) is 0 Å². The maximum absolute atomic E-state index is 12.5. The lowest BCUT2D eigenvalue weighted by Crippen LogP contribution is -2.45. The smallest absolute Gasteiger partial charge is 0.255 e. The minimum atomic E-state index is -0.302. The van der Waals surface area contributed by atoms with Crippen LogP contribution in [0, 0.1) is 5.41 Å². The topological polar surface area (TPSA) is 47.6 Å². The van der Waals surface area contributed by atoms with Crippen LogP contribution in [0.5, 0.6) is 11.5 Å². The highest BCUT2D eigenvalue weighted by Crippen LogP contribution is 2.32. The number of nitrogens with one attached hydrogen (secondary N) is 1. The van der Waals surface area contributed by atoms with Gasteiger partial charge in [-0.2, -0.15) is 0 Å². The molecule has 0 atom stereocenters. The molecule has 1 N–H and O–H groups in total. The Balaban J connectivity index is 3.00. The minimum absolute atomic E-state index is 0.134. The standard InChI is InChI=1S/C17H27NO3/c1-16(2,3)11-17(4,5)18-15(19)12-9-8-10-13(20-6)14(12)21-7/h8-10H,11H2,1-7H3,(H,18,19). The molecule has 118 valence electrons. The molecule has 0 saturated carbocycles. The van der Waals surface area contributed by atoms with Crippen molar-refractivity contribution in [1.29, 1.82) is 0 Å². The van der Waals surface area contributed by atoms with Crippen LogP contribution >= 0.6 is 0 Å². The number of hydrogen-bond acceptors (Lipinski definition) is 3. The van der Waals surface area contributed by atoms with Crippen molar-refractivity contribution in [3.63, 3.8) is 0 Å². The fraction of sp³-hybridized carbons (Fsp3) is 0.588. The zero-order chi connectivity index (χ0) is 16.3. The zero-order valence-corrected chi connectivity index (χ0v) is 14.2. The van der Waals surface area contributed by atoms with Crippen LogP contribution in [0.1, 0.15) is 51.4 Å². The van der Waals surface area contributed by atoms with Gasteiger partial charge in [0, 0.05) is 5.54 Å². The number of hydrogen-bond donors (Lipinski definition) is 1. The van der Waals surface area contributed by atoms with Gasteiger partial charge in [0.05, 0.1) is 19.8 Å². The van der Waals surface area contributed by atoms with Crippen LogP contribution in [-0.2, 0) is 0 Å². The van der Waals surface area contributed by atoms with Crippen molar-refractivity contribution in [2.45, 2.75) is 46.6 Å². The number of carbonyl (C=O) groups is 1. The zero-order valence-electron chi connectivity index (χ0n) is 14.2. The van der Waals surface area contributed by atoms with Crippen LogP contribution in [0.4, 0.5) is 0 Å². The average molecular weight is 293 g/mol. The first kappa shape index (κ1) is 17.3. The van der Waals surface area contributed by atoms with Gasteiger partial charge in [-0.25, -0.2) is 0 Å². The number of rotatable bonds is 5.